The Morgan fingerprint density at radius 1 is 1.43 bits per heavy atom. The average Bonchev–Trinajstić information content (AvgIpc) is 3.05. The zero-order valence-electron chi connectivity index (χ0n) is 13.9. The summed E-state index contributed by atoms with van der Waals surface area (Å²) in [4.78, 5) is 12.3. The van der Waals surface area contributed by atoms with Crippen LogP contribution in [0.25, 0.3) is 0 Å². The lowest BCUT2D eigenvalue weighted by atomic mass is 10.2. The number of benzene rings is 1. The Morgan fingerprint density at radius 2 is 2.17 bits per heavy atom. The molecule has 1 fully saturated rings. The SMILES string of the molecule is CC[C@@H](Oc1ccc(Cl)c(C)c1)C(=O)NCCSC1CCCC1. The fraction of sp³-hybridized carbons (Fsp3) is 0.611. The molecule has 1 aliphatic carbocycles. The van der Waals surface area contributed by atoms with E-state index in [1.54, 1.807) is 12.1 Å². The number of hydrogen-bond acceptors (Lipinski definition) is 3. The lowest BCUT2D eigenvalue weighted by Crippen LogP contribution is -2.39. The lowest BCUT2D eigenvalue weighted by molar-refractivity contribution is -0.127. The summed E-state index contributed by atoms with van der Waals surface area (Å²) in [6, 6.07) is 5.48. The van der Waals surface area contributed by atoms with Crippen LogP contribution in [0.3, 0.4) is 0 Å². The monoisotopic (exact) mass is 355 g/mol. The number of amides is 1. The number of halogens is 1. The molecule has 3 nitrogen and oxygen atoms in total. The first-order valence-electron chi connectivity index (χ1n) is 8.42. The Morgan fingerprint density at radius 3 is 2.83 bits per heavy atom. The van der Waals surface area contributed by atoms with E-state index in [1.165, 1.54) is 25.7 Å². The second kappa shape index (κ2) is 9.43. The minimum Gasteiger partial charge on any atom is -0.481 e. The largest absolute Gasteiger partial charge is 0.481 e. The van der Waals surface area contributed by atoms with Gasteiger partial charge in [0.1, 0.15) is 5.75 Å². The molecule has 128 valence electrons. The maximum absolute atomic E-state index is 12.3. The number of ether oxygens (including phenoxy) is 1. The van der Waals surface area contributed by atoms with E-state index in [1.807, 2.05) is 31.7 Å². The Balaban J connectivity index is 1.75. The molecule has 0 heterocycles. The van der Waals surface area contributed by atoms with Gasteiger partial charge in [0.2, 0.25) is 0 Å². The summed E-state index contributed by atoms with van der Waals surface area (Å²) < 4.78 is 5.81. The van der Waals surface area contributed by atoms with Crippen LogP contribution in [-0.4, -0.2) is 29.6 Å². The number of carbonyl (C=O) groups excluding carboxylic acids is 1. The predicted octanol–water partition coefficient (Wildman–Crippen LogP) is 4.60. The van der Waals surface area contributed by atoms with Crippen molar-refractivity contribution in [3.8, 4) is 5.75 Å². The van der Waals surface area contributed by atoms with Gasteiger partial charge in [0, 0.05) is 22.6 Å². The standard InChI is InChI=1S/C18H26ClNO2S/c1-3-17(22-14-8-9-16(19)13(2)12-14)18(21)20-10-11-23-15-6-4-5-7-15/h8-9,12,15,17H,3-7,10-11H2,1-2H3,(H,20,21)/t17-/m1/s1. The van der Waals surface area contributed by atoms with Crippen molar-refractivity contribution in [3.05, 3.63) is 28.8 Å². The summed E-state index contributed by atoms with van der Waals surface area (Å²) in [5.74, 6) is 1.63. The molecule has 1 aromatic carbocycles. The number of nitrogens with one attached hydrogen (secondary N) is 1. The summed E-state index contributed by atoms with van der Waals surface area (Å²) in [5, 5.41) is 4.49. The van der Waals surface area contributed by atoms with Crippen LogP contribution in [0.5, 0.6) is 5.75 Å². The zero-order chi connectivity index (χ0) is 16.7. The summed E-state index contributed by atoms with van der Waals surface area (Å²) in [5.41, 5.74) is 0.951. The van der Waals surface area contributed by atoms with Gasteiger partial charge in [-0.15, -0.1) is 0 Å². The van der Waals surface area contributed by atoms with Gasteiger partial charge in [0.25, 0.3) is 5.91 Å². The van der Waals surface area contributed by atoms with Gasteiger partial charge in [-0.25, -0.2) is 0 Å². The van der Waals surface area contributed by atoms with Crippen molar-refractivity contribution in [2.45, 2.75) is 57.3 Å². The van der Waals surface area contributed by atoms with Gasteiger partial charge in [0.15, 0.2) is 6.10 Å². The van der Waals surface area contributed by atoms with E-state index in [-0.39, 0.29) is 5.91 Å². The number of rotatable bonds is 8. The first-order valence-corrected chi connectivity index (χ1v) is 9.85. The van der Waals surface area contributed by atoms with Crippen molar-refractivity contribution in [3.63, 3.8) is 0 Å². The summed E-state index contributed by atoms with van der Waals surface area (Å²) in [7, 11) is 0. The van der Waals surface area contributed by atoms with Crippen LogP contribution < -0.4 is 10.1 Å². The van der Waals surface area contributed by atoms with E-state index in [2.05, 4.69) is 5.32 Å². The van der Waals surface area contributed by atoms with Crippen molar-refractivity contribution in [1.29, 1.82) is 0 Å². The van der Waals surface area contributed by atoms with Gasteiger partial charge in [-0.05, 0) is 49.9 Å². The fourth-order valence-corrected chi connectivity index (χ4v) is 4.08. The highest BCUT2D eigenvalue weighted by molar-refractivity contribution is 7.99. The summed E-state index contributed by atoms with van der Waals surface area (Å²) >= 11 is 8.00. The third-order valence-electron chi connectivity index (χ3n) is 4.13. The van der Waals surface area contributed by atoms with Crippen molar-refractivity contribution in [2.75, 3.05) is 12.3 Å². The van der Waals surface area contributed by atoms with Crippen molar-refractivity contribution in [1.82, 2.24) is 5.32 Å². The Kier molecular flexibility index (Phi) is 7.57. The summed E-state index contributed by atoms with van der Waals surface area (Å²) in [6.45, 7) is 4.59. The quantitative estimate of drug-likeness (QED) is 0.692. The number of carbonyl (C=O) groups is 1. The van der Waals surface area contributed by atoms with E-state index in [0.29, 0.717) is 23.7 Å². The van der Waals surface area contributed by atoms with Gasteiger partial charge in [-0.2, -0.15) is 11.8 Å². The maximum atomic E-state index is 12.3. The molecule has 1 aromatic rings. The molecule has 0 radical (unpaired) electrons. The van der Waals surface area contributed by atoms with E-state index in [9.17, 15) is 4.79 Å². The van der Waals surface area contributed by atoms with Gasteiger partial charge in [0.05, 0.1) is 0 Å². The zero-order valence-corrected chi connectivity index (χ0v) is 15.5. The van der Waals surface area contributed by atoms with Crippen LogP contribution >= 0.6 is 23.4 Å². The molecule has 2 rings (SSSR count). The van der Waals surface area contributed by atoms with E-state index >= 15 is 0 Å². The van der Waals surface area contributed by atoms with Crippen molar-refractivity contribution >= 4 is 29.3 Å². The second-order valence-corrected chi connectivity index (χ2v) is 7.81. The van der Waals surface area contributed by atoms with Crippen LogP contribution in [0, 0.1) is 6.92 Å². The molecule has 1 amide bonds. The van der Waals surface area contributed by atoms with Crippen LogP contribution in [-0.2, 0) is 4.79 Å². The first kappa shape index (κ1) is 18.5. The highest BCUT2D eigenvalue weighted by Gasteiger charge is 2.19. The molecule has 0 saturated heterocycles. The van der Waals surface area contributed by atoms with E-state index in [4.69, 9.17) is 16.3 Å². The highest BCUT2D eigenvalue weighted by atomic mass is 35.5. The number of aryl methyl sites for hydroxylation is 1. The van der Waals surface area contributed by atoms with Gasteiger partial charge in [-0.3, -0.25) is 4.79 Å². The minimum absolute atomic E-state index is 0.0351. The topological polar surface area (TPSA) is 38.3 Å². The van der Waals surface area contributed by atoms with Crippen LogP contribution in [0.15, 0.2) is 18.2 Å². The minimum atomic E-state index is -0.452. The molecule has 0 bridgehead atoms. The average molecular weight is 356 g/mol. The van der Waals surface area contributed by atoms with Gasteiger partial charge < -0.3 is 10.1 Å². The molecule has 0 unspecified atom stereocenters. The van der Waals surface area contributed by atoms with Crippen molar-refractivity contribution in [2.24, 2.45) is 0 Å². The normalized spacial score (nSPS) is 16.3. The third-order valence-corrected chi connectivity index (χ3v) is 5.93. The molecule has 1 atom stereocenters. The van der Waals surface area contributed by atoms with E-state index < -0.39 is 6.10 Å². The molecular weight excluding hydrogens is 330 g/mol. The molecule has 0 aromatic heterocycles. The Bertz CT molecular complexity index is 518. The number of thioether (sulfide) groups is 1. The molecule has 0 spiro atoms. The fourth-order valence-electron chi connectivity index (χ4n) is 2.75. The highest BCUT2D eigenvalue weighted by Crippen LogP contribution is 2.28. The molecule has 1 aliphatic rings. The van der Waals surface area contributed by atoms with Crippen molar-refractivity contribution < 1.29 is 9.53 Å². The maximum Gasteiger partial charge on any atom is 0.261 e. The smallest absolute Gasteiger partial charge is 0.261 e. The van der Waals surface area contributed by atoms with Gasteiger partial charge in [-0.1, -0.05) is 31.4 Å². The molecule has 0 aliphatic heterocycles. The third kappa shape index (κ3) is 5.92. The van der Waals surface area contributed by atoms with Gasteiger partial charge >= 0.3 is 0 Å². The lowest BCUT2D eigenvalue weighted by Gasteiger charge is -2.18. The van der Waals surface area contributed by atoms with Crippen LogP contribution in [0.1, 0.15) is 44.6 Å². The van der Waals surface area contributed by atoms with Crippen LogP contribution in [0.4, 0.5) is 0 Å². The molecule has 1 N–H and O–H groups in total. The van der Waals surface area contributed by atoms with Crippen LogP contribution in [0.2, 0.25) is 5.02 Å². The first-order chi connectivity index (χ1) is 11.1. The second-order valence-electron chi connectivity index (χ2n) is 5.99. The number of hydrogen-bond donors (Lipinski definition) is 1. The Hall–Kier alpha value is -0.870. The molecular formula is C18H26ClNO2S. The molecule has 5 heteroatoms. The predicted molar refractivity (Wildman–Crippen MR) is 98.6 cm³/mol. The molecule has 1 saturated carbocycles. The Labute approximate surface area is 148 Å². The van der Waals surface area contributed by atoms with E-state index in [0.717, 1.165) is 16.6 Å². The molecule has 23 heavy (non-hydrogen) atoms. The summed E-state index contributed by atoms with van der Waals surface area (Å²) in [6.07, 6.45) is 5.56.